The molecule has 3 rings (SSSR count). The van der Waals surface area contributed by atoms with Crippen LogP contribution in [0.1, 0.15) is 26.7 Å². The third-order valence-electron chi connectivity index (χ3n) is 4.29. The van der Waals surface area contributed by atoms with Gasteiger partial charge in [-0.25, -0.2) is 0 Å². The predicted molar refractivity (Wildman–Crippen MR) is 60.5 cm³/mol. The van der Waals surface area contributed by atoms with Gasteiger partial charge in [0.1, 0.15) is 0 Å². The van der Waals surface area contributed by atoms with Crippen molar-refractivity contribution in [3.05, 3.63) is 0 Å². The highest BCUT2D eigenvalue weighted by Crippen LogP contribution is 2.53. The molecule has 0 aromatic rings. The van der Waals surface area contributed by atoms with Crippen LogP contribution in [0.4, 0.5) is 0 Å². The number of ether oxygens (including phenoxy) is 3. The van der Waals surface area contributed by atoms with Gasteiger partial charge >= 0.3 is 0 Å². The van der Waals surface area contributed by atoms with Gasteiger partial charge in [-0.2, -0.15) is 0 Å². The molecule has 2 saturated heterocycles. The standard InChI is InChI=1S/C12H19ClO3/c1-7-3-10-12(2,16-10)4-9(7)11-14-6-8(5-13)15-11/h7-11H,3-6H2,1-2H3/t7-,8-,9+,10+,11+,12-/m1/s1. The predicted octanol–water partition coefficient (Wildman–Crippen LogP) is 2.17. The van der Waals surface area contributed by atoms with Gasteiger partial charge in [-0.3, -0.25) is 0 Å². The molecule has 3 aliphatic rings. The van der Waals surface area contributed by atoms with E-state index in [0.717, 1.165) is 12.8 Å². The van der Waals surface area contributed by atoms with Crippen LogP contribution in [0.2, 0.25) is 0 Å². The van der Waals surface area contributed by atoms with Crippen molar-refractivity contribution < 1.29 is 14.2 Å². The number of rotatable bonds is 2. The monoisotopic (exact) mass is 246 g/mol. The fourth-order valence-electron chi connectivity index (χ4n) is 3.09. The smallest absolute Gasteiger partial charge is 0.161 e. The summed E-state index contributed by atoms with van der Waals surface area (Å²) in [7, 11) is 0. The Bertz CT molecular complexity index is 285. The maximum Gasteiger partial charge on any atom is 0.161 e. The SMILES string of the molecule is C[C@@H]1C[C@@H]2O[C@]2(C)C[C@@H]1[C@H]1OC[C@@H](CCl)O1. The van der Waals surface area contributed by atoms with E-state index >= 15 is 0 Å². The van der Waals surface area contributed by atoms with E-state index in [-0.39, 0.29) is 18.0 Å². The van der Waals surface area contributed by atoms with E-state index < -0.39 is 0 Å². The molecular weight excluding hydrogens is 228 g/mol. The van der Waals surface area contributed by atoms with Gasteiger partial charge in [-0.1, -0.05) is 6.92 Å². The number of epoxide rings is 1. The van der Waals surface area contributed by atoms with Gasteiger partial charge in [0, 0.05) is 5.92 Å². The zero-order valence-corrected chi connectivity index (χ0v) is 10.6. The first-order valence-electron chi connectivity index (χ1n) is 6.13. The zero-order valence-electron chi connectivity index (χ0n) is 9.82. The largest absolute Gasteiger partial charge is 0.366 e. The summed E-state index contributed by atoms with van der Waals surface area (Å²) in [4.78, 5) is 0. The highest BCUT2D eigenvalue weighted by atomic mass is 35.5. The Hall–Kier alpha value is 0.170. The molecule has 0 aromatic heterocycles. The van der Waals surface area contributed by atoms with Gasteiger partial charge in [-0.15, -0.1) is 11.6 Å². The van der Waals surface area contributed by atoms with E-state index in [4.69, 9.17) is 25.8 Å². The van der Waals surface area contributed by atoms with Crippen molar-refractivity contribution in [3.8, 4) is 0 Å². The number of hydrogen-bond acceptors (Lipinski definition) is 3. The maximum atomic E-state index is 5.82. The lowest BCUT2D eigenvalue weighted by Gasteiger charge is -2.32. The molecule has 4 heteroatoms. The van der Waals surface area contributed by atoms with Crippen molar-refractivity contribution in [2.75, 3.05) is 12.5 Å². The van der Waals surface area contributed by atoms with Gasteiger partial charge in [0.2, 0.25) is 0 Å². The Morgan fingerprint density at radius 2 is 2.25 bits per heavy atom. The van der Waals surface area contributed by atoms with Gasteiger partial charge in [0.25, 0.3) is 0 Å². The second kappa shape index (κ2) is 3.84. The third kappa shape index (κ3) is 1.78. The molecule has 92 valence electrons. The Kier molecular flexibility index (Phi) is 2.70. The van der Waals surface area contributed by atoms with Gasteiger partial charge in [-0.05, 0) is 25.7 Å². The lowest BCUT2D eigenvalue weighted by Crippen LogP contribution is -2.37. The average molecular weight is 247 g/mol. The summed E-state index contributed by atoms with van der Waals surface area (Å²) in [5.41, 5.74) is 0.100. The lowest BCUT2D eigenvalue weighted by molar-refractivity contribution is -0.116. The molecular formula is C12H19ClO3. The second-order valence-electron chi connectivity index (χ2n) is 5.61. The van der Waals surface area contributed by atoms with E-state index in [9.17, 15) is 0 Å². The molecule has 1 saturated carbocycles. The van der Waals surface area contributed by atoms with Crippen LogP contribution >= 0.6 is 11.6 Å². The molecule has 0 aromatic carbocycles. The van der Waals surface area contributed by atoms with Crippen LogP contribution < -0.4 is 0 Å². The van der Waals surface area contributed by atoms with E-state index in [0.29, 0.717) is 30.4 Å². The minimum Gasteiger partial charge on any atom is -0.366 e. The molecule has 2 heterocycles. The molecule has 6 atom stereocenters. The number of fused-ring (bicyclic) bond motifs is 1. The Morgan fingerprint density at radius 3 is 2.94 bits per heavy atom. The topological polar surface area (TPSA) is 31.0 Å². The van der Waals surface area contributed by atoms with Crippen molar-refractivity contribution >= 4 is 11.6 Å². The molecule has 0 spiro atoms. The van der Waals surface area contributed by atoms with Gasteiger partial charge in [0.05, 0.1) is 30.3 Å². The Balaban J connectivity index is 1.65. The molecule has 0 bridgehead atoms. The minimum absolute atomic E-state index is 0.0688. The van der Waals surface area contributed by atoms with Crippen LogP contribution in [0.25, 0.3) is 0 Å². The van der Waals surface area contributed by atoms with Gasteiger partial charge in [0.15, 0.2) is 6.29 Å². The van der Waals surface area contributed by atoms with E-state index in [2.05, 4.69) is 13.8 Å². The summed E-state index contributed by atoms with van der Waals surface area (Å²) in [6.07, 6.45) is 2.67. The van der Waals surface area contributed by atoms with E-state index in [1.807, 2.05) is 0 Å². The molecule has 0 N–H and O–H groups in total. The summed E-state index contributed by atoms with van der Waals surface area (Å²) >= 11 is 5.78. The van der Waals surface area contributed by atoms with Crippen molar-refractivity contribution in [3.63, 3.8) is 0 Å². The second-order valence-corrected chi connectivity index (χ2v) is 5.92. The van der Waals surface area contributed by atoms with Crippen LogP contribution in [0.15, 0.2) is 0 Å². The van der Waals surface area contributed by atoms with Crippen LogP contribution in [-0.4, -0.2) is 36.6 Å². The van der Waals surface area contributed by atoms with Crippen molar-refractivity contribution in [2.45, 2.75) is 50.8 Å². The summed E-state index contributed by atoms with van der Waals surface area (Å²) in [6, 6.07) is 0. The molecule has 16 heavy (non-hydrogen) atoms. The molecule has 1 aliphatic carbocycles. The molecule has 3 nitrogen and oxygen atoms in total. The first-order valence-corrected chi connectivity index (χ1v) is 6.66. The van der Waals surface area contributed by atoms with Crippen LogP contribution in [-0.2, 0) is 14.2 Å². The zero-order chi connectivity index (χ0) is 11.3. The van der Waals surface area contributed by atoms with Crippen molar-refractivity contribution in [1.82, 2.24) is 0 Å². The summed E-state index contributed by atoms with van der Waals surface area (Å²) in [6.45, 7) is 5.11. The molecule has 2 aliphatic heterocycles. The van der Waals surface area contributed by atoms with Crippen LogP contribution in [0.5, 0.6) is 0 Å². The fourth-order valence-corrected chi connectivity index (χ4v) is 3.25. The molecule has 0 unspecified atom stereocenters. The summed E-state index contributed by atoms with van der Waals surface area (Å²) < 4.78 is 17.3. The Morgan fingerprint density at radius 1 is 1.44 bits per heavy atom. The summed E-state index contributed by atoms with van der Waals surface area (Å²) in [5.74, 6) is 1.59. The summed E-state index contributed by atoms with van der Waals surface area (Å²) in [5, 5.41) is 0. The van der Waals surface area contributed by atoms with Crippen LogP contribution in [0, 0.1) is 11.8 Å². The molecule has 3 fully saturated rings. The van der Waals surface area contributed by atoms with E-state index in [1.54, 1.807) is 0 Å². The van der Waals surface area contributed by atoms with Crippen molar-refractivity contribution in [2.24, 2.45) is 11.8 Å². The lowest BCUT2D eigenvalue weighted by atomic mass is 9.75. The van der Waals surface area contributed by atoms with E-state index in [1.165, 1.54) is 0 Å². The fraction of sp³-hybridized carbons (Fsp3) is 1.00. The quantitative estimate of drug-likeness (QED) is 0.553. The average Bonchev–Trinajstić information content (AvgIpc) is 2.74. The van der Waals surface area contributed by atoms with Crippen molar-refractivity contribution in [1.29, 1.82) is 0 Å². The number of hydrogen-bond donors (Lipinski definition) is 0. The Labute approximate surface area is 101 Å². The normalized spacial score (nSPS) is 56.1. The molecule has 0 radical (unpaired) electrons. The maximum absolute atomic E-state index is 5.82. The first-order chi connectivity index (χ1) is 7.62. The van der Waals surface area contributed by atoms with Crippen LogP contribution in [0.3, 0.4) is 0 Å². The first kappa shape index (κ1) is 11.3. The number of alkyl halides is 1. The highest BCUT2D eigenvalue weighted by Gasteiger charge is 2.59. The highest BCUT2D eigenvalue weighted by molar-refractivity contribution is 6.18. The third-order valence-corrected chi connectivity index (χ3v) is 4.63. The minimum atomic E-state index is -0.0688. The molecule has 0 amide bonds. The number of halogens is 1. The van der Waals surface area contributed by atoms with Gasteiger partial charge < -0.3 is 14.2 Å².